The summed E-state index contributed by atoms with van der Waals surface area (Å²) < 4.78 is 13.8. The van der Waals surface area contributed by atoms with Crippen LogP contribution in [0.1, 0.15) is 10.4 Å². The smallest absolute Gasteiger partial charge is 0.341 e. The van der Waals surface area contributed by atoms with E-state index in [4.69, 9.17) is 5.11 Å². The van der Waals surface area contributed by atoms with Gasteiger partial charge in [-0.05, 0) is 24.3 Å². The van der Waals surface area contributed by atoms with Crippen molar-refractivity contribution in [2.45, 2.75) is 0 Å². The molecule has 0 aromatic carbocycles. The molecule has 0 amide bonds. The van der Waals surface area contributed by atoms with Crippen molar-refractivity contribution in [3.63, 3.8) is 0 Å². The molecule has 16 heavy (non-hydrogen) atoms. The van der Waals surface area contributed by atoms with Gasteiger partial charge in [0.25, 0.3) is 5.56 Å². The van der Waals surface area contributed by atoms with Gasteiger partial charge in [0, 0.05) is 11.7 Å². The van der Waals surface area contributed by atoms with Crippen LogP contribution in [0.15, 0.2) is 35.3 Å². The van der Waals surface area contributed by atoms with Gasteiger partial charge in [-0.15, -0.1) is 12.4 Å². The summed E-state index contributed by atoms with van der Waals surface area (Å²) in [5.41, 5.74) is -0.663. The number of hydrogen-bond acceptors (Lipinski definition) is 2. The number of aromatic nitrogens is 1. The largest absolute Gasteiger partial charge is 0.477 e. The van der Waals surface area contributed by atoms with E-state index in [0.717, 1.165) is 10.6 Å². The Labute approximate surface area is 95.4 Å². The quantitative estimate of drug-likeness (QED) is 0.827. The van der Waals surface area contributed by atoms with Gasteiger partial charge in [0.05, 0.1) is 0 Å². The normalized spacial score (nSPS) is 9.81. The summed E-state index contributed by atoms with van der Waals surface area (Å²) in [5.74, 6) is -1.91. The third-order valence-electron chi connectivity index (χ3n) is 2.04. The summed E-state index contributed by atoms with van der Waals surface area (Å²) in [6.07, 6.45) is 0.962. The fourth-order valence-corrected chi connectivity index (χ4v) is 1.33. The zero-order valence-electron chi connectivity index (χ0n) is 7.88. The first-order chi connectivity index (χ1) is 7.09. The molecule has 0 aliphatic rings. The third kappa shape index (κ3) is 1.90. The van der Waals surface area contributed by atoms with Crippen LogP contribution in [-0.2, 0) is 0 Å². The van der Waals surface area contributed by atoms with Gasteiger partial charge in [0.2, 0.25) is 0 Å². The SMILES string of the molecule is Cl.O=C(O)c1ccc2ccc(F)cn2c1=O. The summed E-state index contributed by atoms with van der Waals surface area (Å²) >= 11 is 0. The van der Waals surface area contributed by atoms with Crippen LogP contribution in [0.4, 0.5) is 4.39 Å². The minimum absolute atomic E-state index is 0. The lowest BCUT2D eigenvalue weighted by molar-refractivity contribution is 0.0695. The first-order valence-corrected chi connectivity index (χ1v) is 4.14. The highest BCUT2D eigenvalue weighted by Gasteiger charge is 2.10. The summed E-state index contributed by atoms with van der Waals surface area (Å²) in [5, 5.41) is 8.69. The second-order valence-electron chi connectivity index (χ2n) is 3.00. The van der Waals surface area contributed by atoms with Crippen molar-refractivity contribution >= 4 is 23.9 Å². The zero-order valence-corrected chi connectivity index (χ0v) is 8.70. The molecule has 0 fully saturated rings. The summed E-state index contributed by atoms with van der Waals surface area (Å²) in [6, 6.07) is 5.26. The van der Waals surface area contributed by atoms with Crippen molar-refractivity contribution in [2.75, 3.05) is 0 Å². The van der Waals surface area contributed by atoms with E-state index in [2.05, 4.69) is 0 Å². The lowest BCUT2D eigenvalue weighted by Crippen LogP contribution is -2.21. The Morgan fingerprint density at radius 2 is 1.88 bits per heavy atom. The fourth-order valence-electron chi connectivity index (χ4n) is 1.33. The molecule has 84 valence electrons. The maximum Gasteiger partial charge on any atom is 0.341 e. The van der Waals surface area contributed by atoms with Crippen LogP contribution in [0.5, 0.6) is 0 Å². The molecule has 2 heterocycles. The Morgan fingerprint density at radius 3 is 2.50 bits per heavy atom. The highest BCUT2D eigenvalue weighted by Crippen LogP contribution is 2.04. The average molecular weight is 244 g/mol. The predicted molar refractivity (Wildman–Crippen MR) is 57.8 cm³/mol. The molecule has 0 saturated carbocycles. The van der Waals surface area contributed by atoms with Crippen molar-refractivity contribution in [3.8, 4) is 0 Å². The number of pyridine rings is 2. The molecule has 1 N–H and O–H groups in total. The van der Waals surface area contributed by atoms with Gasteiger partial charge in [-0.2, -0.15) is 0 Å². The number of nitrogens with zero attached hydrogens (tertiary/aromatic N) is 1. The van der Waals surface area contributed by atoms with E-state index in [1.807, 2.05) is 0 Å². The number of rotatable bonds is 1. The van der Waals surface area contributed by atoms with Crippen molar-refractivity contribution < 1.29 is 14.3 Å². The highest BCUT2D eigenvalue weighted by molar-refractivity contribution is 5.87. The molecule has 0 saturated heterocycles. The van der Waals surface area contributed by atoms with E-state index in [1.165, 1.54) is 24.3 Å². The Bertz CT molecular complexity index is 609. The second-order valence-corrected chi connectivity index (χ2v) is 3.00. The maximum absolute atomic E-state index is 12.8. The average Bonchev–Trinajstić information content (AvgIpc) is 2.19. The monoisotopic (exact) mass is 243 g/mol. The van der Waals surface area contributed by atoms with Crippen molar-refractivity contribution in [1.82, 2.24) is 4.40 Å². The van der Waals surface area contributed by atoms with Crippen LogP contribution in [0.3, 0.4) is 0 Å². The van der Waals surface area contributed by atoms with E-state index in [1.54, 1.807) is 0 Å². The number of fused-ring (bicyclic) bond motifs is 1. The number of aromatic carboxylic acids is 1. The summed E-state index contributed by atoms with van der Waals surface area (Å²) in [4.78, 5) is 22.2. The van der Waals surface area contributed by atoms with Gasteiger partial charge in [0.15, 0.2) is 0 Å². The Kier molecular flexibility index (Phi) is 3.29. The molecule has 6 heteroatoms. The van der Waals surface area contributed by atoms with Crippen molar-refractivity contribution in [2.24, 2.45) is 0 Å². The van der Waals surface area contributed by atoms with Crippen LogP contribution in [-0.4, -0.2) is 15.5 Å². The number of carboxylic acids is 1. The molecular weight excluding hydrogens is 237 g/mol. The number of carbonyl (C=O) groups is 1. The van der Waals surface area contributed by atoms with Crippen molar-refractivity contribution in [3.05, 3.63) is 52.2 Å². The molecule has 0 bridgehead atoms. The van der Waals surface area contributed by atoms with Gasteiger partial charge in [0.1, 0.15) is 11.4 Å². The molecule has 0 unspecified atom stereocenters. The van der Waals surface area contributed by atoms with Crippen LogP contribution >= 0.6 is 12.4 Å². The van der Waals surface area contributed by atoms with Gasteiger partial charge >= 0.3 is 5.97 Å². The first-order valence-electron chi connectivity index (χ1n) is 4.14. The Balaban J connectivity index is 0.00000128. The molecular formula is C10H7ClFNO3. The molecule has 2 aromatic heterocycles. The van der Waals surface area contributed by atoms with E-state index in [0.29, 0.717) is 5.52 Å². The predicted octanol–water partition coefficient (Wildman–Crippen LogP) is 1.56. The highest BCUT2D eigenvalue weighted by atomic mass is 35.5. The summed E-state index contributed by atoms with van der Waals surface area (Å²) in [7, 11) is 0. The maximum atomic E-state index is 12.8. The van der Waals surface area contributed by atoms with E-state index in [9.17, 15) is 14.0 Å². The Hall–Kier alpha value is -1.88. The van der Waals surface area contributed by atoms with Gasteiger partial charge in [-0.3, -0.25) is 9.20 Å². The number of hydrogen-bond donors (Lipinski definition) is 1. The standard InChI is InChI=1S/C10H6FNO3.ClH/c11-6-1-2-7-3-4-8(10(14)15)9(13)12(7)5-6;/h1-5H,(H,14,15);1H. The van der Waals surface area contributed by atoms with Crippen LogP contribution < -0.4 is 5.56 Å². The van der Waals surface area contributed by atoms with E-state index < -0.39 is 17.3 Å². The minimum Gasteiger partial charge on any atom is -0.477 e. The van der Waals surface area contributed by atoms with Crippen LogP contribution in [0.25, 0.3) is 5.52 Å². The summed E-state index contributed by atoms with van der Waals surface area (Å²) in [6.45, 7) is 0. The molecule has 0 aliphatic heterocycles. The lowest BCUT2D eigenvalue weighted by atomic mass is 10.2. The topological polar surface area (TPSA) is 58.8 Å². The molecule has 2 rings (SSSR count). The van der Waals surface area contributed by atoms with Crippen LogP contribution in [0.2, 0.25) is 0 Å². The van der Waals surface area contributed by atoms with Crippen LogP contribution in [0, 0.1) is 5.82 Å². The number of halogens is 2. The van der Waals surface area contributed by atoms with Gasteiger partial charge in [-0.25, -0.2) is 9.18 Å². The molecule has 0 spiro atoms. The minimum atomic E-state index is -1.32. The first kappa shape index (κ1) is 12.2. The lowest BCUT2D eigenvalue weighted by Gasteiger charge is -2.01. The molecule has 4 nitrogen and oxygen atoms in total. The molecule has 2 aromatic rings. The van der Waals surface area contributed by atoms with Crippen molar-refractivity contribution in [1.29, 1.82) is 0 Å². The van der Waals surface area contributed by atoms with E-state index in [-0.39, 0.29) is 18.0 Å². The Morgan fingerprint density at radius 1 is 1.25 bits per heavy atom. The molecule has 0 atom stereocenters. The zero-order chi connectivity index (χ0) is 11.0. The molecule has 0 aliphatic carbocycles. The fraction of sp³-hybridized carbons (Fsp3) is 0. The number of carboxylic acid groups (broad SMARTS) is 1. The second kappa shape index (κ2) is 4.32. The third-order valence-corrected chi connectivity index (χ3v) is 2.04. The van der Waals surface area contributed by atoms with Gasteiger partial charge in [-0.1, -0.05) is 0 Å². The van der Waals surface area contributed by atoms with Gasteiger partial charge < -0.3 is 5.11 Å². The molecule has 0 radical (unpaired) electrons. The van der Waals surface area contributed by atoms with E-state index >= 15 is 0 Å².